The molecule has 1 amide bonds. The molecule has 0 aliphatic carbocycles. The zero-order valence-corrected chi connectivity index (χ0v) is 17.2. The van der Waals surface area contributed by atoms with Gasteiger partial charge in [0.05, 0.1) is 23.7 Å². The van der Waals surface area contributed by atoms with Crippen molar-refractivity contribution < 1.29 is 18.3 Å². The second-order valence-electron chi connectivity index (χ2n) is 7.57. The molecular weight excluding hydrogens is 416 g/mol. The van der Waals surface area contributed by atoms with E-state index in [0.717, 1.165) is 42.2 Å². The fourth-order valence-electron chi connectivity index (χ4n) is 3.82. The molecule has 0 radical (unpaired) electrons. The lowest BCUT2D eigenvalue weighted by Crippen LogP contribution is -2.23. The van der Waals surface area contributed by atoms with Crippen LogP contribution in [-0.4, -0.2) is 32.0 Å². The first kappa shape index (κ1) is 20.0. The molecule has 3 aromatic heterocycles. The van der Waals surface area contributed by atoms with E-state index < -0.39 is 17.9 Å². The Balaban J connectivity index is 1.42. The zero-order chi connectivity index (χ0) is 22.2. The maximum Gasteiger partial charge on any atom is 0.232 e. The number of carbonyl (C=O) groups excluding carboxylic acids is 1. The number of pyridine rings is 1. The van der Waals surface area contributed by atoms with Crippen molar-refractivity contribution in [2.24, 2.45) is 0 Å². The summed E-state index contributed by atoms with van der Waals surface area (Å²) < 4.78 is 34.8. The van der Waals surface area contributed by atoms with Crippen LogP contribution in [-0.2, 0) is 4.79 Å². The summed E-state index contributed by atoms with van der Waals surface area (Å²) in [6.07, 6.45) is 3.16. The predicted molar refractivity (Wildman–Crippen MR) is 113 cm³/mol. The van der Waals surface area contributed by atoms with Gasteiger partial charge in [-0.1, -0.05) is 12.1 Å². The van der Waals surface area contributed by atoms with Gasteiger partial charge in [-0.3, -0.25) is 4.79 Å². The van der Waals surface area contributed by atoms with Gasteiger partial charge in [0.25, 0.3) is 0 Å². The SMILES string of the molecule is CC(Oc1ccc2ncc(-c3ccc(N4CCCC4=O)cc3)n2n1)c1cc(F)cnc1F. The topological polar surface area (TPSA) is 72.6 Å². The van der Waals surface area contributed by atoms with E-state index in [1.54, 1.807) is 34.7 Å². The van der Waals surface area contributed by atoms with Crippen LogP contribution >= 0.6 is 0 Å². The van der Waals surface area contributed by atoms with Gasteiger partial charge in [-0.05, 0) is 37.6 Å². The van der Waals surface area contributed by atoms with Gasteiger partial charge >= 0.3 is 0 Å². The van der Waals surface area contributed by atoms with Crippen LogP contribution in [0.4, 0.5) is 14.5 Å². The molecule has 0 bridgehead atoms. The number of nitrogens with zero attached hydrogens (tertiary/aromatic N) is 5. The molecule has 0 saturated carbocycles. The lowest BCUT2D eigenvalue weighted by atomic mass is 10.1. The van der Waals surface area contributed by atoms with Gasteiger partial charge in [0.15, 0.2) is 5.65 Å². The first-order chi connectivity index (χ1) is 15.5. The number of rotatable bonds is 5. The Hall–Kier alpha value is -3.88. The molecule has 0 N–H and O–H groups in total. The van der Waals surface area contributed by atoms with E-state index in [1.807, 2.05) is 24.3 Å². The Morgan fingerprint density at radius 3 is 2.62 bits per heavy atom. The molecule has 1 aliphatic heterocycles. The molecule has 1 atom stereocenters. The number of hydrogen-bond acceptors (Lipinski definition) is 5. The highest BCUT2D eigenvalue weighted by Crippen LogP contribution is 2.28. The van der Waals surface area contributed by atoms with Crippen molar-refractivity contribution in [1.82, 2.24) is 19.6 Å². The molecule has 1 unspecified atom stereocenters. The highest BCUT2D eigenvalue weighted by Gasteiger charge is 2.22. The zero-order valence-electron chi connectivity index (χ0n) is 17.2. The first-order valence-corrected chi connectivity index (χ1v) is 10.2. The molecule has 1 saturated heterocycles. The number of ether oxygens (including phenoxy) is 1. The molecule has 5 rings (SSSR count). The summed E-state index contributed by atoms with van der Waals surface area (Å²) in [6, 6.07) is 12.0. The average molecular weight is 435 g/mol. The summed E-state index contributed by atoms with van der Waals surface area (Å²) in [5.74, 6) is -1.07. The van der Waals surface area contributed by atoms with Gasteiger partial charge in [0.2, 0.25) is 17.7 Å². The average Bonchev–Trinajstić information content (AvgIpc) is 3.41. The molecule has 4 aromatic rings. The van der Waals surface area contributed by atoms with E-state index in [2.05, 4.69) is 15.1 Å². The minimum Gasteiger partial charge on any atom is -0.469 e. The van der Waals surface area contributed by atoms with Gasteiger partial charge in [-0.2, -0.15) is 4.39 Å². The summed E-state index contributed by atoms with van der Waals surface area (Å²) in [6.45, 7) is 2.33. The van der Waals surface area contributed by atoms with E-state index in [9.17, 15) is 13.6 Å². The highest BCUT2D eigenvalue weighted by molar-refractivity contribution is 5.95. The molecule has 1 aliphatic rings. The van der Waals surface area contributed by atoms with Crippen LogP contribution in [0.1, 0.15) is 31.4 Å². The van der Waals surface area contributed by atoms with Gasteiger partial charge in [0.1, 0.15) is 11.9 Å². The van der Waals surface area contributed by atoms with E-state index in [4.69, 9.17) is 4.74 Å². The van der Waals surface area contributed by atoms with Crippen LogP contribution in [0.2, 0.25) is 0 Å². The number of hydrogen-bond donors (Lipinski definition) is 0. The molecule has 4 heterocycles. The smallest absolute Gasteiger partial charge is 0.232 e. The largest absolute Gasteiger partial charge is 0.469 e. The molecule has 7 nitrogen and oxygen atoms in total. The third kappa shape index (κ3) is 3.66. The summed E-state index contributed by atoms with van der Waals surface area (Å²) in [7, 11) is 0. The Kier molecular flexibility index (Phi) is 5.01. The van der Waals surface area contributed by atoms with Crippen molar-refractivity contribution >= 4 is 17.2 Å². The minimum atomic E-state index is -0.799. The second-order valence-corrected chi connectivity index (χ2v) is 7.57. The Morgan fingerprint density at radius 2 is 1.88 bits per heavy atom. The number of aromatic nitrogens is 4. The van der Waals surface area contributed by atoms with Gasteiger partial charge in [-0.15, -0.1) is 5.10 Å². The monoisotopic (exact) mass is 435 g/mol. The Bertz CT molecular complexity index is 1310. The van der Waals surface area contributed by atoms with Crippen molar-refractivity contribution in [2.75, 3.05) is 11.4 Å². The summed E-state index contributed by atoms with van der Waals surface area (Å²) in [4.78, 5) is 21.5. The molecule has 32 heavy (non-hydrogen) atoms. The molecule has 1 fully saturated rings. The lowest BCUT2D eigenvalue weighted by molar-refractivity contribution is -0.117. The highest BCUT2D eigenvalue weighted by atomic mass is 19.1. The standard InChI is InChI=1S/C23H19F2N5O2/c1-14(18-11-16(24)12-27-23(18)25)32-21-9-8-20-26-13-19(30(20)28-21)15-4-6-17(7-5-15)29-10-2-3-22(29)31/h4-9,11-14H,2-3,10H2,1H3. The van der Waals surface area contributed by atoms with E-state index in [-0.39, 0.29) is 17.4 Å². The molecule has 1 aromatic carbocycles. The molecule has 9 heteroatoms. The van der Waals surface area contributed by atoms with Gasteiger partial charge < -0.3 is 9.64 Å². The number of halogens is 2. The maximum atomic E-state index is 14.0. The minimum absolute atomic E-state index is 0.00444. The Morgan fingerprint density at radius 1 is 1.06 bits per heavy atom. The molecule has 162 valence electrons. The number of anilines is 1. The third-order valence-corrected chi connectivity index (χ3v) is 5.45. The lowest BCUT2D eigenvalue weighted by Gasteiger charge is -2.16. The van der Waals surface area contributed by atoms with E-state index >= 15 is 0 Å². The van der Waals surface area contributed by atoms with Crippen molar-refractivity contribution in [2.45, 2.75) is 25.9 Å². The predicted octanol–water partition coefficient (Wildman–Crippen LogP) is 4.34. The van der Waals surface area contributed by atoms with E-state index in [0.29, 0.717) is 12.1 Å². The van der Waals surface area contributed by atoms with Crippen LogP contribution in [0, 0.1) is 11.8 Å². The number of imidazole rings is 1. The van der Waals surface area contributed by atoms with Crippen molar-refractivity contribution in [3.63, 3.8) is 0 Å². The van der Waals surface area contributed by atoms with Gasteiger partial charge in [-0.25, -0.2) is 18.9 Å². The summed E-state index contributed by atoms with van der Waals surface area (Å²) in [5, 5.41) is 4.47. The van der Waals surface area contributed by atoms with Crippen LogP contribution in [0.25, 0.3) is 16.9 Å². The fourth-order valence-corrected chi connectivity index (χ4v) is 3.82. The maximum absolute atomic E-state index is 14.0. The number of fused-ring (bicyclic) bond motifs is 1. The van der Waals surface area contributed by atoms with Crippen molar-refractivity contribution in [3.8, 4) is 17.1 Å². The second kappa shape index (κ2) is 7.99. The number of carbonyl (C=O) groups is 1. The van der Waals surface area contributed by atoms with Gasteiger partial charge in [0, 0.05) is 30.3 Å². The third-order valence-electron chi connectivity index (χ3n) is 5.45. The number of amides is 1. The Labute approximate surface area is 182 Å². The fraction of sp³-hybridized carbons (Fsp3) is 0.217. The summed E-state index contributed by atoms with van der Waals surface area (Å²) >= 11 is 0. The molecular formula is C23H19F2N5O2. The van der Waals surface area contributed by atoms with Crippen LogP contribution < -0.4 is 9.64 Å². The van der Waals surface area contributed by atoms with E-state index in [1.165, 1.54) is 0 Å². The van der Waals surface area contributed by atoms with Crippen LogP contribution in [0.15, 0.2) is 54.9 Å². The quantitative estimate of drug-likeness (QED) is 0.436. The number of benzene rings is 1. The summed E-state index contributed by atoms with van der Waals surface area (Å²) in [5.41, 5.74) is 3.07. The van der Waals surface area contributed by atoms with Crippen LogP contribution in [0.5, 0.6) is 5.88 Å². The normalized spacial score (nSPS) is 14.8. The first-order valence-electron chi connectivity index (χ1n) is 10.2. The van der Waals surface area contributed by atoms with Crippen molar-refractivity contribution in [1.29, 1.82) is 0 Å². The van der Waals surface area contributed by atoms with Crippen LogP contribution in [0.3, 0.4) is 0 Å². The van der Waals surface area contributed by atoms with Crippen molar-refractivity contribution in [3.05, 3.63) is 72.2 Å². The molecule has 0 spiro atoms.